The van der Waals surface area contributed by atoms with Crippen LogP contribution in [-0.2, 0) is 52.4 Å². The van der Waals surface area contributed by atoms with Gasteiger partial charge in [-0.1, -0.05) is 12.1 Å². The lowest BCUT2D eigenvalue weighted by Crippen LogP contribution is -2.61. The van der Waals surface area contributed by atoms with Crippen LogP contribution in [0.4, 0.5) is 0 Å². The second-order valence-electron chi connectivity index (χ2n) is 14.7. The molecule has 1 unspecified atom stereocenters. The maximum Gasteiger partial charge on any atom is 0.330 e. The van der Waals surface area contributed by atoms with Crippen molar-refractivity contribution in [2.45, 2.75) is 80.4 Å². The van der Waals surface area contributed by atoms with Crippen LogP contribution in [0, 0.1) is 0 Å². The number of phenolic OH excluding ortho intramolecular Hbond substituents is 3. The van der Waals surface area contributed by atoms with Crippen molar-refractivity contribution < 1.29 is 113 Å². The van der Waals surface area contributed by atoms with Gasteiger partial charge in [-0.25, -0.2) is 4.79 Å². The van der Waals surface area contributed by atoms with Crippen molar-refractivity contribution in [3.63, 3.8) is 0 Å². The summed E-state index contributed by atoms with van der Waals surface area (Å²) in [7, 11) is 0. The number of phenols is 3. The topological polar surface area (TPSA) is 365 Å². The van der Waals surface area contributed by atoms with Gasteiger partial charge >= 0.3 is 29.8 Å². The van der Waals surface area contributed by atoms with E-state index in [2.05, 4.69) is 4.74 Å². The number of rotatable bonds is 16. The number of esters is 3. The molecule has 11 atom stereocenters. The number of aliphatic hydroxyl groups is 6. The first-order chi connectivity index (χ1) is 30.9. The van der Waals surface area contributed by atoms with Crippen molar-refractivity contribution >= 4 is 42.0 Å². The number of carboxylic acids is 2. The van der Waals surface area contributed by atoms with E-state index in [4.69, 9.17) is 43.4 Å². The normalized spacial score (nSPS) is 27.3. The van der Waals surface area contributed by atoms with Crippen LogP contribution in [0.5, 0.6) is 28.7 Å². The zero-order valence-corrected chi connectivity index (χ0v) is 33.5. The summed E-state index contributed by atoms with van der Waals surface area (Å²) in [4.78, 5) is 59.0. The molecule has 0 radical (unpaired) electrons. The molecule has 348 valence electrons. The number of hydrogen-bond acceptors (Lipinski definition) is 20. The van der Waals surface area contributed by atoms with Crippen LogP contribution < -0.4 is 4.74 Å². The Bertz CT molecular complexity index is 2270. The van der Waals surface area contributed by atoms with Gasteiger partial charge in [0, 0.05) is 18.2 Å². The van der Waals surface area contributed by atoms with E-state index in [1.54, 1.807) is 0 Å². The molecule has 23 heteroatoms. The zero-order chi connectivity index (χ0) is 47.1. The highest BCUT2D eigenvalue weighted by Gasteiger charge is 2.50. The molecular formula is C42H43O23+. The third-order valence-corrected chi connectivity index (χ3v) is 9.90. The average Bonchev–Trinajstić information content (AvgIpc) is 3.25. The maximum atomic E-state index is 12.5. The predicted octanol–water partition coefficient (Wildman–Crippen LogP) is -0.549. The number of carboxylic acid groups (broad SMARTS) is 2. The molecule has 3 heterocycles. The predicted molar refractivity (Wildman–Crippen MR) is 211 cm³/mol. The van der Waals surface area contributed by atoms with E-state index >= 15 is 0 Å². The first-order valence-electron chi connectivity index (χ1n) is 19.4. The Balaban J connectivity index is 1.27. The highest BCUT2D eigenvalue weighted by Crippen LogP contribution is 2.46. The van der Waals surface area contributed by atoms with Crippen molar-refractivity contribution in [2.24, 2.45) is 0 Å². The fraction of sp³-hybridized carbons (Fsp3) is 0.357. The minimum Gasteiger partial charge on any atom is -0.571 e. The van der Waals surface area contributed by atoms with Crippen LogP contribution in [0.1, 0.15) is 35.6 Å². The highest BCUT2D eigenvalue weighted by molar-refractivity contribution is 5.90. The molecule has 3 aromatic rings. The fourth-order valence-electron chi connectivity index (χ4n) is 6.69. The Morgan fingerprint density at radius 3 is 1.89 bits per heavy atom. The van der Waals surface area contributed by atoms with E-state index in [-0.39, 0.29) is 34.3 Å². The van der Waals surface area contributed by atoms with Gasteiger partial charge in [0.2, 0.25) is 12.6 Å². The SMILES string of the molecule is O=C(O)CC(=O)OC[C@H]1O[C@@H](Oc2cc(O)cc3c2C=C(O[C@@H]2O[C@H](COC(=O)/C=C/c4ccc(O)cc4)[C@@H](O)[C@H](O)[C@H]2O)C(c2ccc(O)cc2)[OH+]3)[C@H](O)[C@@H](O)[C@@H]1OC(=O)CC(=O)O. The first-order valence-corrected chi connectivity index (χ1v) is 19.4. The molecule has 3 aliphatic heterocycles. The van der Waals surface area contributed by atoms with Gasteiger partial charge < -0.3 is 89.0 Å². The molecule has 65 heavy (non-hydrogen) atoms. The van der Waals surface area contributed by atoms with Crippen LogP contribution in [0.2, 0.25) is 0 Å². The molecule has 6 rings (SSSR count). The molecule has 0 amide bonds. The molecule has 3 aliphatic rings. The highest BCUT2D eigenvalue weighted by atomic mass is 16.7. The molecule has 0 spiro atoms. The van der Waals surface area contributed by atoms with Crippen molar-refractivity contribution in [3.05, 3.63) is 89.2 Å². The standard InChI is InChI=1S/C42H42O23/c43-20-6-1-18(2-7-20)3-10-31(50)58-16-27-34(53)35(54)37(56)41(63-27)62-26-13-23-24(60-39(26)19-4-8-21(44)9-5-19)11-22(45)12-25(23)61-42-38(57)36(55)40(65-33(52)15-30(48)49)28(64-42)17-59-32(51)14-29(46)47/h1-13,27-28,34-45,53-57H,14-17H2,(H,46,47)(H,48,49)/p+1/b10-3+/t27-,28-,34-,35+,36-,37-,38-,39?,40-,41-,42-/m1/s1. The number of carbonyl (C=O) groups excluding carboxylic acids is 3. The monoisotopic (exact) mass is 915 g/mol. The van der Waals surface area contributed by atoms with E-state index in [1.165, 1.54) is 66.7 Å². The molecule has 0 aromatic heterocycles. The molecular weight excluding hydrogens is 872 g/mol. The van der Waals surface area contributed by atoms with Crippen LogP contribution in [0.15, 0.2) is 72.5 Å². The van der Waals surface area contributed by atoms with Crippen molar-refractivity contribution in [1.82, 2.24) is 0 Å². The number of ether oxygens (including phenoxy) is 8. The fourth-order valence-corrected chi connectivity index (χ4v) is 6.69. The lowest BCUT2D eigenvalue weighted by atomic mass is 9.98. The van der Waals surface area contributed by atoms with E-state index < -0.39 is 129 Å². The maximum absolute atomic E-state index is 12.5. The number of fused-ring (bicyclic) bond motifs is 1. The minimum absolute atomic E-state index is 0.00150. The molecule has 3 aromatic carbocycles. The molecule has 0 bridgehead atoms. The summed E-state index contributed by atoms with van der Waals surface area (Å²) in [5.41, 5.74) is 0.891. The molecule has 2 saturated heterocycles. The molecule has 0 saturated carbocycles. The number of aliphatic carboxylic acids is 2. The quantitative estimate of drug-likeness (QED) is 0.0283. The number of hydrogen-bond donors (Lipinski definition) is 10. The zero-order valence-electron chi connectivity index (χ0n) is 33.5. The van der Waals surface area contributed by atoms with Gasteiger partial charge in [0.25, 0.3) is 11.9 Å². The summed E-state index contributed by atoms with van der Waals surface area (Å²) in [6, 6.07) is 13.7. The smallest absolute Gasteiger partial charge is 0.330 e. The first kappa shape index (κ1) is 47.5. The van der Waals surface area contributed by atoms with Gasteiger partial charge in [-0.2, -0.15) is 0 Å². The van der Waals surface area contributed by atoms with E-state index in [0.717, 1.165) is 12.1 Å². The van der Waals surface area contributed by atoms with Crippen LogP contribution in [-0.4, -0.2) is 160 Å². The molecule has 2 fully saturated rings. The van der Waals surface area contributed by atoms with Crippen LogP contribution >= 0.6 is 0 Å². The Hall–Kier alpha value is -6.99. The summed E-state index contributed by atoms with van der Waals surface area (Å²) < 4.78 is 43.4. The minimum atomic E-state index is -2.12. The van der Waals surface area contributed by atoms with Crippen LogP contribution in [0.25, 0.3) is 12.2 Å². The molecule has 23 nitrogen and oxygen atoms in total. The second-order valence-corrected chi connectivity index (χ2v) is 14.7. The summed E-state index contributed by atoms with van der Waals surface area (Å²) in [5.74, 6) is -7.76. The van der Waals surface area contributed by atoms with Crippen LogP contribution in [0.3, 0.4) is 0 Å². The summed E-state index contributed by atoms with van der Waals surface area (Å²) in [5, 5.41) is 103. The average molecular weight is 916 g/mol. The molecule has 11 N–H and O–H groups in total. The lowest BCUT2D eigenvalue weighted by molar-refractivity contribution is -0.296. The largest absolute Gasteiger partial charge is 0.571 e. The summed E-state index contributed by atoms with van der Waals surface area (Å²) >= 11 is 0. The third-order valence-electron chi connectivity index (χ3n) is 9.90. The number of aliphatic hydroxyl groups excluding tert-OH is 5. The number of benzene rings is 3. The van der Waals surface area contributed by atoms with Crippen molar-refractivity contribution in [2.75, 3.05) is 13.2 Å². The van der Waals surface area contributed by atoms with Crippen molar-refractivity contribution in [1.29, 1.82) is 0 Å². The number of aromatic hydroxyl groups is 4. The Kier molecular flexibility index (Phi) is 15.1. The van der Waals surface area contributed by atoms with Crippen molar-refractivity contribution in [3.8, 4) is 28.7 Å². The van der Waals surface area contributed by atoms with Gasteiger partial charge in [-0.15, -0.1) is 0 Å². The van der Waals surface area contributed by atoms with E-state index in [9.17, 15) is 64.8 Å². The third kappa shape index (κ3) is 12.0. The summed E-state index contributed by atoms with van der Waals surface area (Å²) in [6.45, 7) is -1.54. The number of carbonyl (C=O) groups is 5. The lowest BCUT2D eigenvalue weighted by Gasteiger charge is -2.41. The van der Waals surface area contributed by atoms with Gasteiger partial charge in [0.1, 0.15) is 97.3 Å². The van der Waals surface area contributed by atoms with Gasteiger partial charge in [-0.3, -0.25) is 19.2 Å². The molecule has 0 aliphatic carbocycles. The van der Waals surface area contributed by atoms with Gasteiger partial charge in [-0.05, 0) is 48.0 Å². The van der Waals surface area contributed by atoms with E-state index in [0.29, 0.717) is 11.1 Å². The van der Waals surface area contributed by atoms with E-state index in [1.807, 2.05) is 0 Å². The van der Waals surface area contributed by atoms with Gasteiger partial charge in [0.05, 0.1) is 11.6 Å². The second kappa shape index (κ2) is 20.7. The Morgan fingerprint density at radius 1 is 0.646 bits per heavy atom. The Morgan fingerprint density at radius 2 is 1.23 bits per heavy atom. The van der Waals surface area contributed by atoms with Gasteiger partial charge in [0.15, 0.2) is 11.9 Å². The summed E-state index contributed by atoms with van der Waals surface area (Å²) in [6.07, 6.45) is -18.4. The Labute approximate surface area is 366 Å².